The zero-order chi connectivity index (χ0) is 20.6. The van der Waals surface area contributed by atoms with E-state index < -0.39 is 5.60 Å². The summed E-state index contributed by atoms with van der Waals surface area (Å²) >= 11 is 0. The third kappa shape index (κ3) is 3.82. The largest absolute Gasteiger partial charge is 0.476 e. The first-order valence-corrected chi connectivity index (χ1v) is 10.6. The topological polar surface area (TPSA) is 70.2 Å². The van der Waals surface area contributed by atoms with E-state index in [4.69, 9.17) is 4.74 Å². The Hall–Kier alpha value is -2.57. The van der Waals surface area contributed by atoms with Gasteiger partial charge < -0.3 is 14.5 Å². The molecule has 0 radical (unpaired) electrons. The van der Waals surface area contributed by atoms with Crippen LogP contribution in [0.25, 0.3) is 0 Å². The molecule has 0 spiro atoms. The van der Waals surface area contributed by atoms with Crippen LogP contribution in [0.15, 0.2) is 18.2 Å². The van der Waals surface area contributed by atoms with E-state index in [1.54, 1.807) is 36.9 Å². The van der Waals surface area contributed by atoms with Crippen LogP contribution in [0.2, 0.25) is 0 Å². The molecule has 2 saturated heterocycles. The number of carbonyl (C=O) groups is 3. The number of fused-ring (bicyclic) bond motifs is 1. The van der Waals surface area contributed by atoms with E-state index >= 15 is 0 Å². The molecule has 0 aromatic heterocycles. The average Bonchev–Trinajstić information content (AvgIpc) is 3.26. The smallest absolute Gasteiger partial charge is 0.271 e. The summed E-state index contributed by atoms with van der Waals surface area (Å²) in [5.74, 6) is 0.169. The highest BCUT2D eigenvalue weighted by molar-refractivity contribution is 6.07. The number of likely N-dealkylation sites (tertiary alicyclic amines) is 2. The highest BCUT2D eigenvalue weighted by atomic mass is 16.5. The standard InChI is InChI=1S/C22H29N3O4/c1-22(2)21(28)25(15-19(26)23-10-6-7-11-23)17-14-16(8-9-18(17)29-22)20(27)24-12-4-3-5-13-24/h8-9,14H,3-7,10-13,15H2,1-2H3. The summed E-state index contributed by atoms with van der Waals surface area (Å²) in [5.41, 5.74) is -0.0263. The molecule has 7 heteroatoms. The molecular weight excluding hydrogens is 370 g/mol. The van der Waals surface area contributed by atoms with Crippen LogP contribution in [0.3, 0.4) is 0 Å². The number of nitrogens with zero attached hydrogens (tertiary/aromatic N) is 3. The van der Waals surface area contributed by atoms with Crippen molar-refractivity contribution < 1.29 is 19.1 Å². The van der Waals surface area contributed by atoms with Gasteiger partial charge in [0.05, 0.1) is 5.69 Å². The lowest BCUT2D eigenvalue weighted by Crippen LogP contribution is -2.55. The van der Waals surface area contributed by atoms with Crippen LogP contribution in [0.4, 0.5) is 5.69 Å². The highest BCUT2D eigenvalue weighted by Crippen LogP contribution is 2.38. The summed E-state index contributed by atoms with van der Waals surface area (Å²) in [4.78, 5) is 43.9. The third-order valence-electron chi connectivity index (χ3n) is 6.02. The van der Waals surface area contributed by atoms with Crippen LogP contribution in [0.1, 0.15) is 56.3 Å². The predicted octanol–water partition coefficient (Wildman–Crippen LogP) is 2.44. The third-order valence-corrected chi connectivity index (χ3v) is 6.02. The van der Waals surface area contributed by atoms with Crippen molar-refractivity contribution in [1.29, 1.82) is 0 Å². The molecule has 2 fully saturated rings. The molecule has 1 aromatic carbocycles. The van der Waals surface area contributed by atoms with E-state index in [1.807, 2.05) is 4.90 Å². The number of benzene rings is 1. The number of hydrogen-bond donors (Lipinski definition) is 0. The quantitative estimate of drug-likeness (QED) is 0.783. The van der Waals surface area contributed by atoms with Crippen LogP contribution in [-0.4, -0.2) is 65.8 Å². The lowest BCUT2D eigenvalue weighted by molar-refractivity contribution is -0.136. The van der Waals surface area contributed by atoms with Gasteiger partial charge in [0.25, 0.3) is 11.8 Å². The van der Waals surface area contributed by atoms with Crippen molar-refractivity contribution in [2.45, 2.75) is 51.6 Å². The molecule has 29 heavy (non-hydrogen) atoms. The second-order valence-corrected chi connectivity index (χ2v) is 8.63. The molecule has 3 aliphatic rings. The summed E-state index contributed by atoms with van der Waals surface area (Å²) in [7, 11) is 0. The second-order valence-electron chi connectivity index (χ2n) is 8.63. The van der Waals surface area contributed by atoms with Gasteiger partial charge in [-0.05, 0) is 64.2 Å². The van der Waals surface area contributed by atoms with Crippen molar-refractivity contribution in [2.75, 3.05) is 37.6 Å². The highest BCUT2D eigenvalue weighted by Gasteiger charge is 2.42. The van der Waals surface area contributed by atoms with Crippen LogP contribution < -0.4 is 9.64 Å². The first-order chi connectivity index (χ1) is 13.9. The van der Waals surface area contributed by atoms with Crippen LogP contribution >= 0.6 is 0 Å². The van der Waals surface area contributed by atoms with Crippen LogP contribution in [-0.2, 0) is 9.59 Å². The molecule has 4 rings (SSSR count). The van der Waals surface area contributed by atoms with Gasteiger partial charge in [-0.15, -0.1) is 0 Å². The molecule has 1 aromatic rings. The normalized spacial score (nSPS) is 21.0. The van der Waals surface area contributed by atoms with Crippen molar-refractivity contribution in [3.05, 3.63) is 23.8 Å². The van der Waals surface area contributed by atoms with Crippen molar-refractivity contribution in [3.8, 4) is 5.75 Å². The lowest BCUT2D eigenvalue weighted by atomic mass is 10.0. The van der Waals surface area contributed by atoms with E-state index in [1.165, 1.54) is 4.90 Å². The zero-order valence-corrected chi connectivity index (χ0v) is 17.3. The number of anilines is 1. The van der Waals surface area contributed by atoms with Crippen molar-refractivity contribution >= 4 is 23.4 Å². The van der Waals surface area contributed by atoms with Gasteiger partial charge in [0.2, 0.25) is 5.91 Å². The molecule has 0 unspecified atom stereocenters. The monoisotopic (exact) mass is 399 g/mol. The molecule has 3 amide bonds. The van der Waals surface area contributed by atoms with Gasteiger partial charge in [0.1, 0.15) is 12.3 Å². The first-order valence-electron chi connectivity index (χ1n) is 10.6. The molecule has 0 aliphatic carbocycles. The second kappa shape index (κ2) is 7.69. The number of rotatable bonds is 3. The number of carbonyl (C=O) groups excluding carboxylic acids is 3. The van der Waals surface area contributed by atoms with E-state index in [9.17, 15) is 14.4 Å². The van der Waals surface area contributed by atoms with Gasteiger partial charge in [0.15, 0.2) is 5.60 Å². The molecule has 3 heterocycles. The van der Waals surface area contributed by atoms with Gasteiger partial charge in [-0.2, -0.15) is 0 Å². The van der Waals surface area contributed by atoms with Gasteiger partial charge in [-0.3, -0.25) is 19.3 Å². The van der Waals surface area contributed by atoms with E-state index in [0.29, 0.717) is 17.0 Å². The Bertz CT molecular complexity index is 823. The average molecular weight is 399 g/mol. The number of piperidine rings is 1. The van der Waals surface area contributed by atoms with Crippen LogP contribution in [0, 0.1) is 0 Å². The maximum absolute atomic E-state index is 13.1. The number of ether oxygens (including phenoxy) is 1. The molecule has 3 aliphatic heterocycles. The Morgan fingerprint density at radius 3 is 2.28 bits per heavy atom. The number of hydrogen-bond acceptors (Lipinski definition) is 4. The molecule has 0 saturated carbocycles. The Morgan fingerprint density at radius 2 is 1.59 bits per heavy atom. The van der Waals surface area contributed by atoms with Crippen LogP contribution in [0.5, 0.6) is 5.75 Å². The summed E-state index contributed by atoms with van der Waals surface area (Å²) in [6.07, 6.45) is 5.18. The summed E-state index contributed by atoms with van der Waals surface area (Å²) < 4.78 is 5.91. The first kappa shape index (κ1) is 19.7. The maximum atomic E-state index is 13.1. The fourth-order valence-electron chi connectivity index (χ4n) is 4.34. The van der Waals surface area contributed by atoms with E-state index in [-0.39, 0.29) is 24.3 Å². The number of amides is 3. The maximum Gasteiger partial charge on any atom is 0.271 e. The molecule has 0 bridgehead atoms. The molecule has 0 atom stereocenters. The van der Waals surface area contributed by atoms with E-state index in [0.717, 1.165) is 58.3 Å². The molecule has 7 nitrogen and oxygen atoms in total. The minimum absolute atomic E-state index is 0.0278. The molecule has 0 N–H and O–H groups in total. The predicted molar refractivity (Wildman–Crippen MR) is 109 cm³/mol. The Morgan fingerprint density at radius 1 is 0.966 bits per heavy atom. The minimum Gasteiger partial charge on any atom is -0.476 e. The Kier molecular flexibility index (Phi) is 5.23. The molecular formula is C22H29N3O4. The lowest BCUT2D eigenvalue weighted by Gasteiger charge is -2.39. The SMILES string of the molecule is CC1(C)Oc2ccc(C(=O)N3CCCCC3)cc2N(CC(=O)N2CCCC2)C1=O. The summed E-state index contributed by atoms with van der Waals surface area (Å²) in [6.45, 7) is 6.38. The fourth-order valence-corrected chi connectivity index (χ4v) is 4.34. The van der Waals surface area contributed by atoms with E-state index in [2.05, 4.69) is 0 Å². The fraction of sp³-hybridized carbons (Fsp3) is 0.591. The summed E-state index contributed by atoms with van der Waals surface area (Å²) in [5, 5.41) is 0. The zero-order valence-electron chi connectivity index (χ0n) is 17.3. The van der Waals surface area contributed by atoms with Gasteiger partial charge in [0, 0.05) is 31.7 Å². The summed E-state index contributed by atoms with van der Waals surface area (Å²) in [6, 6.07) is 5.20. The Balaban J connectivity index is 1.63. The van der Waals surface area contributed by atoms with Gasteiger partial charge in [-0.25, -0.2) is 0 Å². The van der Waals surface area contributed by atoms with Crippen molar-refractivity contribution in [1.82, 2.24) is 9.80 Å². The van der Waals surface area contributed by atoms with Gasteiger partial charge in [-0.1, -0.05) is 0 Å². The van der Waals surface area contributed by atoms with Crippen molar-refractivity contribution in [3.63, 3.8) is 0 Å². The Labute approximate surface area is 171 Å². The van der Waals surface area contributed by atoms with Crippen molar-refractivity contribution in [2.24, 2.45) is 0 Å². The minimum atomic E-state index is -1.06. The molecule has 156 valence electrons. The van der Waals surface area contributed by atoms with Gasteiger partial charge >= 0.3 is 0 Å².